The number of likely N-dealkylation sites (tertiary alicyclic amines) is 1. The first-order valence-corrected chi connectivity index (χ1v) is 10.7. The predicted octanol–water partition coefficient (Wildman–Crippen LogP) is 2.80. The van der Waals surface area contributed by atoms with Crippen LogP contribution in [-0.4, -0.2) is 55.8 Å². The topological polar surface area (TPSA) is 63.0 Å². The first-order chi connectivity index (χ1) is 13.3. The highest BCUT2D eigenvalue weighted by Gasteiger charge is 2.28. The number of hydrogen-bond donors (Lipinski definition) is 0. The summed E-state index contributed by atoms with van der Waals surface area (Å²) in [7, 11) is 2.13. The number of anilines is 1. The van der Waals surface area contributed by atoms with E-state index in [0.717, 1.165) is 55.5 Å². The van der Waals surface area contributed by atoms with Gasteiger partial charge in [-0.05, 0) is 50.2 Å². The second-order valence-corrected chi connectivity index (χ2v) is 8.55. The fourth-order valence-electron chi connectivity index (χ4n) is 4.39. The van der Waals surface area contributed by atoms with Crippen LogP contribution in [-0.2, 0) is 13.6 Å². The molecule has 2 fully saturated rings. The van der Waals surface area contributed by atoms with Gasteiger partial charge in [-0.15, -0.1) is 21.5 Å². The number of rotatable bonds is 4. The monoisotopic (exact) mass is 383 g/mol. The van der Waals surface area contributed by atoms with Crippen molar-refractivity contribution in [3.05, 3.63) is 29.4 Å². The molecule has 142 valence electrons. The van der Waals surface area contributed by atoms with Crippen LogP contribution >= 0.6 is 11.3 Å². The Balaban J connectivity index is 1.37. The van der Waals surface area contributed by atoms with Crippen molar-refractivity contribution >= 4 is 27.4 Å². The Kier molecular flexibility index (Phi) is 4.53. The van der Waals surface area contributed by atoms with Crippen LogP contribution in [0, 0.1) is 0 Å². The molecule has 0 bridgehead atoms. The number of fused-ring (bicyclic) bond motifs is 1. The first kappa shape index (κ1) is 17.1. The van der Waals surface area contributed by atoms with Crippen molar-refractivity contribution in [2.24, 2.45) is 7.05 Å². The summed E-state index contributed by atoms with van der Waals surface area (Å²) in [5.74, 6) is 3.67. The van der Waals surface area contributed by atoms with Gasteiger partial charge in [-0.3, -0.25) is 4.90 Å². The van der Waals surface area contributed by atoms with E-state index in [-0.39, 0.29) is 0 Å². The van der Waals surface area contributed by atoms with E-state index in [1.54, 1.807) is 17.7 Å². The van der Waals surface area contributed by atoms with Crippen LogP contribution in [0.25, 0.3) is 10.2 Å². The highest BCUT2D eigenvalue weighted by atomic mass is 32.1. The molecule has 0 amide bonds. The Morgan fingerprint density at radius 2 is 2.00 bits per heavy atom. The molecule has 0 aliphatic carbocycles. The fraction of sp³-hybridized carbons (Fsp3) is 0.579. The van der Waals surface area contributed by atoms with E-state index in [2.05, 4.69) is 53.0 Å². The first-order valence-electron chi connectivity index (χ1n) is 9.83. The summed E-state index contributed by atoms with van der Waals surface area (Å²) in [5.41, 5.74) is 1.04. The van der Waals surface area contributed by atoms with E-state index >= 15 is 0 Å². The van der Waals surface area contributed by atoms with Crippen molar-refractivity contribution in [3.63, 3.8) is 0 Å². The van der Waals surface area contributed by atoms with Crippen molar-refractivity contribution in [3.8, 4) is 0 Å². The van der Waals surface area contributed by atoms with Crippen LogP contribution in [0.15, 0.2) is 17.8 Å². The van der Waals surface area contributed by atoms with Gasteiger partial charge in [0, 0.05) is 26.1 Å². The minimum absolute atomic E-state index is 0.397. The molecule has 2 saturated heterocycles. The zero-order chi connectivity index (χ0) is 18.2. The predicted molar refractivity (Wildman–Crippen MR) is 107 cm³/mol. The minimum Gasteiger partial charge on any atom is -0.355 e. The summed E-state index contributed by atoms with van der Waals surface area (Å²) >= 11 is 1.72. The average molecular weight is 384 g/mol. The Bertz CT molecular complexity index is 927. The van der Waals surface area contributed by atoms with Crippen LogP contribution in [0.1, 0.15) is 43.3 Å². The Hall–Kier alpha value is -2.06. The van der Waals surface area contributed by atoms with Crippen LogP contribution in [0.5, 0.6) is 0 Å². The van der Waals surface area contributed by atoms with E-state index in [9.17, 15) is 0 Å². The molecule has 0 saturated carbocycles. The number of aromatic nitrogens is 5. The van der Waals surface area contributed by atoms with E-state index in [4.69, 9.17) is 0 Å². The van der Waals surface area contributed by atoms with Crippen molar-refractivity contribution < 1.29 is 0 Å². The van der Waals surface area contributed by atoms with Crippen LogP contribution < -0.4 is 4.90 Å². The summed E-state index contributed by atoms with van der Waals surface area (Å²) in [6.07, 6.45) is 6.60. The third kappa shape index (κ3) is 3.21. The maximum Gasteiger partial charge on any atom is 0.150 e. The number of piperidine rings is 1. The largest absolute Gasteiger partial charge is 0.355 e. The summed E-state index contributed by atoms with van der Waals surface area (Å²) in [5, 5.41) is 11.2. The van der Waals surface area contributed by atoms with Gasteiger partial charge in [-0.2, -0.15) is 0 Å². The molecule has 3 aromatic rings. The van der Waals surface area contributed by atoms with Gasteiger partial charge in [-0.25, -0.2) is 9.97 Å². The standard InChI is InChI=1S/C19H25N7S/c1-24-16(12-25-7-2-3-8-25)22-23-18(24)14-5-4-9-26(11-14)19-17-15(6-10-27-17)20-13-21-19/h6,10,13-14H,2-5,7-9,11-12H2,1H3/t14-/m1/s1. The molecule has 2 aliphatic heterocycles. The molecular formula is C19H25N7S. The van der Waals surface area contributed by atoms with Crippen LogP contribution in [0.4, 0.5) is 5.82 Å². The van der Waals surface area contributed by atoms with Gasteiger partial charge < -0.3 is 9.47 Å². The second-order valence-electron chi connectivity index (χ2n) is 7.63. The average Bonchev–Trinajstić information content (AvgIpc) is 3.44. The molecule has 0 N–H and O–H groups in total. The van der Waals surface area contributed by atoms with Gasteiger partial charge in [0.1, 0.15) is 23.8 Å². The van der Waals surface area contributed by atoms with Gasteiger partial charge in [0.2, 0.25) is 0 Å². The zero-order valence-corrected chi connectivity index (χ0v) is 16.5. The third-order valence-electron chi connectivity index (χ3n) is 5.87. The molecule has 0 aromatic carbocycles. The Morgan fingerprint density at radius 3 is 2.89 bits per heavy atom. The number of nitrogens with zero attached hydrogens (tertiary/aromatic N) is 7. The SMILES string of the molecule is Cn1c(CN2CCCC2)nnc1[C@@H]1CCCN(c2ncnc3ccsc23)C1. The summed E-state index contributed by atoms with van der Waals surface area (Å²) in [6.45, 7) is 5.27. The molecule has 3 aromatic heterocycles. The molecule has 0 radical (unpaired) electrons. The van der Waals surface area contributed by atoms with E-state index < -0.39 is 0 Å². The second kappa shape index (κ2) is 7.16. The van der Waals surface area contributed by atoms with E-state index in [1.165, 1.54) is 30.6 Å². The van der Waals surface area contributed by atoms with E-state index in [0.29, 0.717) is 5.92 Å². The molecule has 5 heterocycles. The Labute approximate surface area is 163 Å². The molecule has 1 atom stereocenters. The molecule has 7 nitrogen and oxygen atoms in total. The molecule has 27 heavy (non-hydrogen) atoms. The zero-order valence-electron chi connectivity index (χ0n) is 15.7. The van der Waals surface area contributed by atoms with Crippen LogP contribution in [0.3, 0.4) is 0 Å². The molecule has 0 unspecified atom stereocenters. The van der Waals surface area contributed by atoms with Crippen molar-refractivity contribution in [2.75, 3.05) is 31.1 Å². The smallest absolute Gasteiger partial charge is 0.150 e. The molecule has 5 rings (SSSR count). The molecule has 8 heteroatoms. The van der Waals surface area contributed by atoms with Crippen molar-refractivity contribution in [2.45, 2.75) is 38.1 Å². The summed E-state index contributed by atoms with van der Waals surface area (Å²) < 4.78 is 3.42. The fourth-order valence-corrected chi connectivity index (χ4v) is 5.25. The lowest BCUT2D eigenvalue weighted by Crippen LogP contribution is -2.36. The summed E-state index contributed by atoms with van der Waals surface area (Å²) in [6, 6.07) is 2.07. The van der Waals surface area contributed by atoms with Gasteiger partial charge in [0.15, 0.2) is 0 Å². The normalized spacial score (nSPS) is 21.4. The third-order valence-corrected chi connectivity index (χ3v) is 6.77. The number of hydrogen-bond acceptors (Lipinski definition) is 7. The van der Waals surface area contributed by atoms with Crippen LogP contribution in [0.2, 0.25) is 0 Å². The molecular weight excluding hydrogens is 358 g/mol. The lowest BCUT2D eigenvalue weighted by atomic mass is 9.97. The van der Waals surface area contributed by atoms with Gasteiger partial charge in [-0.1, -0.05) is 0 Å². The highest BCUT2D eigenvalue weighted by Crippen LogP contribution is 2.33. The maximum absolute atomic E-state index is 4.60. The van der Waals surface area contributed by atoms with E-state index in [1.807, 2.05) is 0 Å². The maximum atomic E-state index is 4.60. The highest BCUT2D eigenvalue weighted by molar-refractivity contribution is 7.17. The lowest BCUT2D eigenvalue weighted by molar-refractivity contribution is 0.317. The van der Waals surface area contributed by atoms with Gasteiger partial charge in [0.05, 0.1) is 16.8 Å². The minimum atomic E-state index is 0.397. The van der Waals surface area contributed by atoms with Gasteiger partial charge >= 0.3 is 0 Å². The quantitative estimate of drug-likeness (QED) is 0.690. The van der Waals surface area contributed by atoms with Gasteiger partial charge in [0.25, 0.3) is 0 Å². The summed E-state index contributed by atoms with van der Waals surface area (Å²) in [4.78, 5) is 13.9. The molecule has 0 spiro atoms. The van der Waals surface area contributed by atoms with Crippen molar-refractivity contribution in [1.29, 1.82) is 0 Å². The Morgan fingerprint density at radius 1 is 1.11 bits per heavy atom. The van der Waals surface area contributed by atoms with Crippen molar-refractivity contribution in [1.82, 2.24) is 29.6 Å². The lowest BCUT2D eigenvalue weighted by Gasteiger charge is -2.33. The number of thiophene rings is 1. The molecule has 2 aliphatic rings.